The van der Waals surface area contributed by atoms with Crippen molar-refractivity contribution in [1.82, 2.24) is 9.88 Å². The maximum atomic E-state index is 13.0. The number of nitrogens with zero attached hydrogens (tertiary/aromatic N) is 3. The third kappa shape index (κ3) is 3.47. The summed E-state index contributed by atoms with van der Waals surface area (Å²) in [5.74, 6) is 0. The summed E-state index contributed by atoms with van der Waals surface area (Å²) in [6.07, 6.45) is 6.17. The molecular formula is C20H25N3O3S. The Labute approximate surface area is 160 Å². The average Bonchev–Trinajstić information content (AvgIpc) is 2.86. The Morgan fingerprint density at radius 2 is 1.96 bits per heavy atom. The van der Waals surface area contributed by atoms with Gasteiger partial charge in [0.2, 0.25) is 0 Å². The molecule has 0 amide bonds. The summed E-state index contributed by atoms with van der Waals surface area (Å²) in [5, 5.41) is 0. The van der Waals surface area contributed by atoms with E-state index in [-0.39, 0.29) is 4.90 Å². The molecule has 0 saturated carbocycles. The summed E-state index contributed by atoms with van der Waals surface area (Å²) < 4.78 is 32.0. The van der Waals surface area contributed by atoms with Gasteiger partial charge in [-0.15, -0.1) is 0 Å². The minimum absolute atomic E-state index is 0.205. The van der Waals surface area contributed by atoms with E-state index in [0.717, 1.165) is 30.6 Å². The van der Waals surface area contributed by atoms with Gasteiger partial charge in [-0.2, -0.15) is 8.42 Å². The SMILES string of the molecule is Cc1ccc(S(=O)(=O)OC23CCC(CCN(c4cccnc4)C2)N3C)cc1. The molecule has 0 aliphatic carbocycles. The molecule has 2 saturated heterocycles. The van der Waals surface area contributed by atoms with Crippen LogP contribution in [0.2, 0.25) is 0 Å². The number of aromatic nitrogens is 1. The summed E-state index contributed by atoms with van der Waals surface area (Å²) >= 11 is 0. The van der Waals surface area contributed by atoms with Crippen molar-refractivity contribution in [3.63, 3.8) is 0 Å². The zero-order chi connectivity index (χ0) is 19.1. The van der Waals surface area contributed by atoms with Crippen LogP contribution in [0.3, 0.4) is 0 Å². The summed E-state index contributed by atoms with van der Waals surface area (Å²) in [6, 6.07) is 11.0. The summed E-state index contributed by atoms with van der Waals surface area (Å²) in [5.41, 5.74) is 1.15. The van der Waals surface area contributed by atoms with Gasteiger partial charge < -0.3 is 4.90 Å². The molecule has 4 rings (SSSR count). The van der Waals surface area contributed by atoms with E-state index in [2.05, 4.69) is 14.8 Å². The summed E-state index contributed by atoms with van der Waals surface area (Å²) in [4.78, 5) is 8.72. The van der Waals surface area contributed by atoms with E-state index in [4.69, 9.17) is 4.18 Å². The van der Waals surface area contributed by atoms with E-state index in [1.807, 2.05) is 32.3 Å². The standard InChI is InChI=1S/C20H25N3O3S/c1-16-5-7-19(8-6-16)27(24,25)26-20-11-9-17(22(20)2)10-13-23(15-20)18-4-3-12-21-14-18/h3-8,12,14,17H,9-11,13,15H2,1-2H3. The average molecular weight is 388 g/mol. The number of aryl methyl sites for hydroxylation is 1. The zero-order valence-corrected chi connectivity index (χ0v) is 16.5. The molecule has 2 bridgehead atoms. The summed E-state index contributed by atoms with van der Waals surface area (Å²) in [6.45, 7) is 3.29. The van der Waals surface area contributed by atoms with Gasteiger partial charge in [-0.05, 0) is 57.5 Å². The van der Waals surface area contributed by atoms with Crippen molar-refractivity contribution in [2.45, 2.75) is 42.8 Å². The first-order chi connectivity index (χ1) is 12.9. The smallest absolute Gasteiger partial charge is 0.298 e. The molecular weight excluding hydrogens is 362 g/mol. The first-order valence-electron chi connectivity index (χ1n) is 9.30. The molecule has 2 aromatic rings. The minimum atomic E-state index is -3.86. The lowest BCUT2D eigenvalue weighted by molar-refractivity contribution is -0.0380. The van der Waals surface area contributed by atoms with Crippen molar-refractivity contribution in [3.05, 3.63) is 54.4 Å². The number of anilines is 1. The lowest BCUT2D eigenvalue weighted by Gasteiger charge is -2.38. The van der Waals surface area contributed by atoms with Crippen molar-refractivity contribution < 1.29 is 12.6 Å². The number of fused-ring (bicyclic) bond motifs is 2. The Kier molecular flexibility index (Phi) is 4.70. The van der Waals surface area contributed by atoms with Gasteiger partial charge in [0.15, 0.2) is 5.72 Å². The van der Waals surface area contributed by atoms with Crippen molar-refractivity contribution in [3.8, 4) is 0 Å². The molecule has 2 aliphatic rings. The van der Waals surface area contributed by atoms with E-state index < -0.39 is 15.8 Å². The van der Waals surface area contributed by atoms with Gasteiger partial charge in [0.05, 0.1) is 23.3 Å². The van der Waals surface area contributed by atoms with Crippen LogP contribution in [0.5, 0.6) is 0 Å². The highest BCUT2D eigenvalue weighted by Crippen LogP contribution is 2.41. The van der Waals surface area contributed by atoms with Gasteiger partial charge >= 0.3 is 0 Å². The number of hydrogen-bond donors (Lipinski definition) is 0. The first-order valence-corrected chi connectivity index (χ1v) is 10.7. The third-order valence-electron chi connectivity index (χ3n) is 5.81. The van der Waals surface area contributed by atoms with Crippen LogP contribution in [-0.2, 0) is 14.3 Å². The van der Waals surface area contributed by atoms with Gasteiger partial charge in [0.1, 0.15) is 0 Å². The first kappa shape index (κ1) is 18.4. The fourth-order valence-corrected chi connectivity index (χ4v) is 5.38. The quantitative estimate of drug-likeness (QED) is 0.752. The Hall–Kier alpha value is -1.96. The largest absolute Gasteiger partial charge is 0.366 e. The number of likely N-dealkylation sites (N-methyl/N-ethyl adjacent to an activating group) is 1. The van der Waals surface area contributed by atoms with Crippen LogP contribution < -0.4 is 4.90 Å². The molecule has 3 heterocycles. The predicted octanol–water partition coefficient (Wildman–Crippen LogP) is 2.80. The molecule has 2 aliphatic heterocycles. The number of hydrogen-bond acceptors (Lipinski definition) is 6. The topological polar surface area (TPSA) is 62.7 Å². The van der Waals surface area contributed by atoms with Crippen molar-refractivity contribution >= 4 is 15.8 Å². The number of pyridine rings is 1. The maximum Gasteiger partial charge on any atom is 0.298 e. The van der Waals surface area contributed by atoms with Gasteiger partial charge in [0, 0.05) is 18.8 Å². The van der Waals surface area contributed by atoms with Crippen LogP contribution in [0.15, 0.2) is 53.7 Å². The van der Waals surface area contributed by atoms with Crippen LogP contribution in [0, 0.1) is 6.92 Å². The third-order valence-corrected chi connectivity index (χ3v) is 7.19. The van der Waals surface area contributed by atoms with Gasteiger partial charge in [-0.3, -0.25) is 9.88 Å². The van der Waals surface area contributed by atoms with E-state index in [9.17, 15) is 8.42 Å². The Morgan fingerprint density at radius 1 is 1.19 bits per heavy atom. The number of benzene rings is 1. The van der Waals surface area contributed by atoms with Crippen LogP contribution in [0.25, 0.3) is 0 Å². The highest BCUT2D eigenvalue weighted by molar-refractivity contribution is 7.86. The van der Waals surface area contributed by atoms with E-state index in [0.29, 0.717) is 19.0 Å². The monoisotopic (exact) mass is 387 g/mol. The van der Waals surface area contributed by atoms with Crippen LogP contribution in [-0.4, -0.2) is 50.2 Å². The molecule has 0 radical (unpaired) electrons. The maximum absolute atomic E-state index is 13.0. The predicted molar refractivity (Wildman–Crippen MR) is 104 cm³/mol. The molecule has 6 nitrogen and oxygen atoms in total. The summed E-state index contributed by atoms with van der Waals surface area (Å²) in [7, 11) is -1.88. The second-order valence-corrected chi connectivity index (χ2v) is 9.07. The van der Waals surface area contributed by atoms with Gasteiger partial charge in [0.25, 0.3) is 10.1 Å². The molecule has 0 N–H and O–H groups in total. The highest BCUT2D eigenvalue weighted by atomic mass is 32.2. The zero-order valence-electron chi connectivity index (χ0n) is 15.7. The second-order valence-electron chi connectivity index (χ2n) is 7.52. The number of rotatable bonds is 4. The lowest BCUT2D eigenvalue weighted by Crippen LogP contribution is -2.53. The fourth-order valence-electron chi connectivity index (χ4n) is 4.15. The van der Waals surface area contributed by atoms with Gasteiger partial charge in [-0.1, -0.05) is 17.7 Å². The van der Waals surface area contributed by atoms with Gasteiger partial charge in [-0.25, -0.2) is 4.18 Å². The molecule has 1 aromatic carbocycles. The molecule has 2 unspecified atom stereocenters. The lowest BCUT2D eigenvalue weighted by atomic mass is 10.1. The molecule has 7 heteroatoms. The molecule has 144 valence electrons. The molecule has 2 fully saturated rings. The van der Waals surface area contributed by atoms with Crippen molar-refractivity contribution in [2.75, 3.05) is 25.0 Å². The van der Waals surface area contributed by atoms with Crippen LogP contribution in [0.4, 0.5) is 5.69 Å². The van der Waals surface area contributed by atoms with Crippen LogP contribution >= 0.6 is 0 Å². The normalized spacial score (nSPS) is 26.1. The van der Waals surface area contributed by atoms with E-state index in [1.54, 1.807) is 30.5 Å². The van der Waals surface area contributed by atoms with Crippen molar-refractivity contribution in [2.24, 2.45) is 0 Å². The molecule has 27 heavy (non-hydrogen) atoms. The van der Waals surface area contributed by atoms with E-state index >= 15 is 0 Å². The Morgan fingerprint density at radius 3 is 2.67 bits per heavy atom. The van der Waals surface area contributed by atoms with Crippen LogP contribution in [0.1, 0.15) is 24.8 Å². The second kappa shape index (κ2) is 6.89. The Balaban J connectivity index is 1.66. The molecule has 0 spiro atoms. The highest BCUT2D eigenvalue weighted by Gasteiger charge is 2.51. The Bertz CT molecular complexity index is 902. The molecule has 1 aromatic heterocycles. The fraction of sp³-hybridized carbons (Fsp3) is 0.450. The minimum Gasteiger partial charge on any atom is -0.366 e. The molecule has 2 atom stereocenters. The van der Waals surface area contributed by atoms with Crippen molar-refractivity contribution in [1.29, 1.82) is 0 Å². The van der Waals surface area contributed by atoms with E-state index in [1.165, 1.54) is 0 Å².